The lowest BCUT2D eigenvalue weighted by molar-refractivity contribution is -0.360. The summed E-state index contributed by atoms with van der Waals surface area (Å²) in [6.45, 7) is 0.226. The van der Waals surface area contributed by atoms with Gasteiger partial charge in [0.05, 0.1) is 6.04 Å². The quantitative estimate of drug-likeness (QED) is 0.310. The Kier molecular flexibility index (Phi) is 6.12. The van der Waals surface area contributed by atoms with Crippen molar-refractivity contribution in [3.63, 3.8) is 0 Å². The predicted octanol–water partition coefficient (Wildman–Crippen LogP) is 7.79. The summed E-state index contributed by atoms with van der Waals surface area (Å²) < 4.78 is 73.4. The number of nitrogens with zero attached hydrogens (tertiary/aromatic N) is 1. The first-order chi connectivity index (χ1) is 18.6. The average Bonchev–Trinajstić information content (AvgIpc) is 3.37. The molecule has 0 radical (unpaired) electrons. The molecule has 6 rings (SSSR count). The zero-order valence-corrected chi connectivity index (χ0v) is 20.6. The van der Waals surface area contributed by atoms with E-state index in [1.165, 1.54) is 12.1 Å². The van der Waals surface area contributed by atoms with Crippen LogP contribution in [0.1, 0.15) is 41.9 Å². The molecule has 39 heavy (non-hydrogen) atoms. The third-order valence-electron chi connectivity index (χ3n) is 7.74. The van der Waals surface area contributed by atoms with E-state index < -0.39 is 18.0 Å². The van der Waals surface area contributed by atoms with E-state index in [4.69, 9.17) is 4.74 Å². The van der Waals surface area contributed by atoms with Crippen molar-refractivity contribution >= 4 is 11.7 Å². The van der Waals surface area contributed by atoms with Crippen LogP contribution in [0.25, 0.3) is 16.7 Å². The van der Waals surface area contributed by atoms with E-state index >= 15 is 0 Å². The molecule has 0 saturated carbocycles. The van der Waals surface area contributed by atoms with E-state index in [9.17, 15) is 26.7 Å². The number of carbonyl (C=O) groups is 1. The van der Waals surface area contributed by atoms with Gasteiger partial charge in [-0.1, -0.05) is 66.7 Å². The van der Waals surface area contributed by atoms with Gasteiger partial charge in [0.15, 0.2) is 0 Å². The number of alkyl halides is 5. The second kappa shape index (κ2) is 9.39. The molecule has 4 nitrogen and oxygen atoms in total. The van der Waals surface area contributed by atoms with Gasteiger partial charge in [0, 0.05) is 12.0 Å². The van der Waals surface area contributed by atoms with Gasteiger partial charge in [-0.15, -0.1) is 0 Å². The van der Waals surface area contributed by atoms with Gasteiger partial charge >= 0.3 is 18.4 Å². The minimum atomic E-state index is -5.81. The second-order valence-electron chi connectivity index (χ2n) is 10.0. The van der Waals surface area contributed by atoms with Gasteiger partial charge in [-0.2, -0.15) is 22.0 Å². The molecule has 1 amide bonds. The van der Waals surface area contributed by atoms with Crippen molar-refractivity contribution in [3.05, 3.63) is 95.6 Å². The van der Waals surface area contributed by atoms with Crippen LogP contribution in [0.15, 0.2) is 78.9 Å². The van der Waals surface area contributed by atoms with E-state index in [1.54, 1.807) is 4.90 Å². The fraction of sp³-hybridized carbons (Fsp3) is 0.300. The second-order valence-corrected chi connectivity index (χ2v) is 10.0. The maximum absolute atomic E-state index is 13.2. The van der Waals surface area contributed by atoms with Crippen LogP contribution in [0.3, 0.4) is 0 Å². The van der Waals surface area contributed by atoms with Crippen molar-refractivity contribution in [2.45, 2.75) is 49.5 Å². The molecule has 2 heterocycles. The Morgan fingerprint density at radius 3 is 2.05 bits per heavy atom. The fourth-order valence-electron chi connectivity index (χ4n) is 5.94. The summed E-state index contributed by atoms with van der Waals surface area (Å²) in [4.78, 5) is 15.0. The summed E-state index contributed by atoms with van der Waals surface area (Å²) in [5.74, 6) is -0.624. The molecule has 1 aliphatic carbocycles. The van der Waals surface area contributed by atoms with Crippen LogP contribution in [0.2, 0.25) is 0 Å². The normalized spacial score (nSPS) is 20.3. The number of rotatable bonds is 5. The number of hydrogen-bond donors (Lipinski definition) is 0. The summed E-state index contributed by atoms with van der Waals surface area (Å²) in [6.07, 6.45) is -7.44. The summed E-state index contributed by atoms with van der Waals surface area (Å²) in [5, 5.41) is 0. The largest absolute Gasteiger partial charge is 0.499 e. The van der Waals surface area contributed by atoms with E-state index in [-0.39, 0.29) is 30.7 Å². The first-order valence-electron chi connectivity index (χ1n) is 12.7. The molecule has 0 aromatic heterocycles. The molecule has 3 aromatic carbocycles. The topological polar surface area (TPSA) is 38.8 Å². The monoisotopic (exact) mass is 541 g/mol. The lowest BCUT2D eigenvalue weighted by atomic mass is 9.95. The third-order valence-corrected chi connectivity index (χ3v) is 7.74. The maximum Gasteiger partial charge on any atom is 0.499 e. The van der Waals surface area contributed by atoms with Gasteiger partial charge in [0.2, 0.25) is 0 Å². The molecule has 202 valence electrons. The zero-order chi connectivity index (χ0) is 27.4. The van der Waals surface area contributed by atoms with Gasteiger partial charge in [0.1, 0.15) is 12.4 Å². The highest BCUT2D eigenvalue weighted by atomic mass is 19.4. The Morgan fingerprint density at radius 2 is 1.46 bits per heavy atom. The van der Waals surface area contributed by atoms with Crippen molar-refractivity contribution in [1.82, 2.24) is 4.90 Å². The van der Waals surface area contributed by atoms with Crippen LogP contribution < -0.4 is 4.74 Å². The highest BCUT2D eigenvalue weighted by molar-refractivity contribution is 5.79. The Hall–Kier alpha value is -3.88. The number of amides is 1. The van der Waals surface area contributed by atoms with Crippen LogP contribution in [0.4, 0.5) is 26.7 Å². The number of fused-ring (bicyclic) bond motifs is 5. The van der Waals surface area contributed by atoms with Gasteiger partial charge < -0.3 is 9.47 Å². The molecule has 2 aliphatic heterocycles. The standard InChI is InChI=1S/C30H24F5NO3/c31-29(32,33)30(34,35)39-22-13-9-18(10-14-22)19-15-20-11-12-21(16-19)36(20)28(37)38-17-27-25-7-3-1-5-23(25)24-6-2-4-8-26(24)27/h1-10,13-15,20-21,27H,11-12,16-17H2. The molecular formula is C30H24F5NO3. The Labute approximate surface area is 221 Å². The van der Waals surface area contributed by atoms with Crippen LogP contribution in [0.5, 0.6) is 5.75 Å². The lowest BCUT2D eigenvalue weighted by Crippen LogP contribution is -2.43. The maximum atomic E-state index is 13.2. The van der Waals surface area contributed by atoms with E-state index in [0.717, 1.165) is 52.8 Å². The van der Waals surface area contributed by atoms with E-state index in [0.29, 0.717) is 12.0 Å². The van der Waals surface area contributed by atoms with Gasteiger partial charge in [-0.05, 0) is 64.8 Å². The summed E-state index contributed by atoms with van der Waals surface area (Å²) in [6, 6.07) is 21.1. The summed E-state index contributed by atoms with van der Waals surface area (Å²) in [7, 11) is 0. The minimum absolute atomic E-state index is 0.0413. The van der Waals surface area contributed by atoms with Crippen LogP contribution in [0, 0.1) is 0 Å². The number of ether oxygens (including phenoxy) is 2. The van der Waals surface area contributed by atoms with Crippen molar-refractivity contribution in [2.75, 3.05) is 6.61 Å². The molecule has 2 bridgehead atoms. The predicted molar refractivity (Wildman–Crippen MR) is 134 cm³/mol. The minimum Gasteiger partial charge on any atom is -0.448 e. The number of halogens is 5. The smallest absolute Gasteiger partial charge is 0.448 e. The highest BCUT2D eigenvalue weighted by Gasteiger charge is 2.61. The van der Waals surface area contributed by atoms with Crippen LogP contribution in [-0.2, 0) is 4.74 Å². The number of benzene rings is 3. The van der Waals surface area contributed by atoms with E-state index in [1.807, 2.05) is 30.3 Å². The number of hydrogen-bond acceptors (Lipinski definition) is 3. The van der Waals surface area contributed by atoms with Crippen molar-refractivity contribution in [1.29, 1.82) is 0 Å². The molecular weight excluding hydrogens is 517 g/mol. The summed E-state index contributed by atoms with van der Waals surface area (Å²) in [5.41, 5.74) is 6.16. The first kappa shape index (κ1) is 25.4. The SMILES string of the molecule is O=C(OCC1c2ccccc2-c2ccccc21)N1C2C=C(c3ccc(OC(F)(F)C(F)(F)F)cc3)CC1CC2. The molecule has 0 N–H and O–H groups in total. The Bertz CT molecular complexity index is 1390. The molecule has 1 fully saturated rings. The molecule has 1 saturated heterocycles. The average molecular weight is 542 g/mol. The fourth-order valence-corrected chi connectivity index (χ4v) is 5.94. The van der Waals surface area contributed by atoms with Crippen LogP contribution >= 0.6 is 0 Å². The molecule has 3 aromatic rings. The first-order valence-corrected chi connectivity index (χ1v) is 12.7. The summed E-state index contributed by atoms with van der Waals surface area (Å²) >= 11 is 0. The zero-order valence-electron chi connectivity index (χ0n) is 20.6. The van der Waals surface area contributed by atoms with Crippen molar-refractivity contribution < 1.29 is 36.2 Å². The highest BCUT2D eigenvalue weighted by Crippen LogP contribution is 2.45. The van der Waals surface area contributed by atoms with Gasteiger partial charge in [0.25, 0.3) is 0 Å². The Balaban J connectivity index is 1.13. The number of carbonyl (C=O) groups excluding carboxylic acids is 1. The van der Waals surface area contributed by atoms with Gasteiger partial charge in [-0.3, -0.25) is 4.90 Å². The van der Waals surface area contributed by atoms with Gasteiger partial charge in [-0.25, -0.2) is 4.79 Å². The molecule has 2 unspecified atom stereocenters. The molecule has 3 aliphatic rings. The van der Waals surface area contributed by atoms with E-state index in [2.05, 4.69) is 29.0 Å². The van der Waals surface area contributed by atoms with Crippen molar-refractivity contribution in [2.24, 2.45) is 0 Å². The third kappa shape index (κ3) is 4.53. The van der Waals surface area contributed by atoms with Crippen molar-refractivity contribution in [3.8, 4) is 16.9 Å². The molecule has 0 spiro atoms. The molecule has 2 atom stereocenters. The molecule has 9 heteroatoms. The van der Waals surface area contributed by atoms with Crippen LogP contribution in [-0.4, -0.2) is 42.0 Å². The lowest BCUT2D eigenvalue weighted by Gasteiger charge is -2.33. The Morgan fingerprint density at radius 1 is 0.846 bits per heavy atom.